The number of halogens is 1. The van der Waals surface area contributed by atoms with E-state index in [-0.39, 0.29) is 11.9 Å². The maximum atomic E-state index is 11.9. The number of amides is 1. The summed E-state index contributed by atoms with van der Waals surface area (Å²) in [6, 6.07) is 1.91. The molecule has 0 aliphatic heterocycles. The predicted octanol–water partition coefficient (Wildman–Crippen LogP) is 3.05. The Morgan fingerprint density at radius 2 is 2.12 bits per heavy atom. The van der Waals surface area contributed by atoms with Gasteiger partial charge in [-0.1, -0.05) is 22.9 Å². The first kappa shape index (κ1) is 13.3. The third-order valence-corrected chi connectivity index (χ3v) is 3.76. The van der Waals surface area contributed by atoms with Crippen LogP contribution in [0.3, 0.4) is 0 Å². The summed E-state index contributed by atoms with van der Waals surface area (Å²) in [4.78, 5) is 11.9. The second kappa shape index (κ2) is 5.53. The molecule has 0 aliphatic rings. The number of alkyl halides is 1. The molecule has 0 spiro atoms. The average molecular weight is 288 g/mol. The van der Waals surface area contributed by atoms with Crippen molar-refractivity contribution in [1.82, 2.24) is 5.32 Å². The Kier molecular flexibility index (Phi) is 4.59. The molecule has 1 N–H and O–H groups in total. The van der Waals surface area contributed by atoms with Crippen molar-refractivity contribution in [2.45, 2.75) is 33.7 Å². The fraction of sp³-hybridized carbons (Fsp3) is 0.583. The van der Waals surface area contributed by atoms with Crippen molar-refractivity contribution in [3.63, 3.8) is 0 Å². The van der Waals surface area contributed by atoms with Gasteiger partial charge >= 0.3 is 0 Å². The van der Waals surface area contributed by atoms with E-state index in [9.17, 15) is 4.79 Å². The predicted molar refractivity (Wildman–Crippen MR) is 68.1 cm³/mol. The van der Waals surface area contributed by atoms with Crippen molar-refractivity contribution in [3.05, 3.63) is 23.2 Å². The SMILES string of the molecule is Cc1cc(C(=O)NC(C)C(C)CBr)c(C)o1. The minimum absolute atomic E-state index is 0.0605. The maximum absolute atomic E-state index is 11.9. The highest BCUT2D eigenvalue weighted by Gasteiger charge is 2.18. The smallest absolute Gasteiger partial charge is 0.255 e. The molecule has 1 aromatic rings. The van der Waals surface area contributed by atoms with Crippen LogP contribution in [0, 0.1) is 19.8 Å². The number of hydrogen-bond donors (Lipinski definition) is 1. The van der Waals surface area contributed by atoms with Crippen molar-refractivity contribution in [2.24, 2.45) is 5.92 Å². The Labute approximate surface area is 105 Å². The molecular weight excluding hydrogens is 270 g/mol. The largest absolute Gasteiger partial charge is 0.466 e. The van der Waals surface area contributed by atoms with E-state index in [1.54, 1.807) is 13.0 Å². The zero-order valence-corrected chi connectivity index (χ0v) is 11.7. The Bertz CT molecular complexity index is 373. The topological polar surface area (TPSA) is 42.2 Å². The van der Waals surface area contributed by atoms with Gasteiger partial charge in [0.05, 0.1) is 5.56 Å². The van der Waals surface area contributed by atoms with Crippen molar-refractivity contribution >= 4 is 21.8 Å². The van der Waals surface area contributed by atoms with Crippen molar-refractivity contribution in [1.29, 1.82) is 0 Å². The van der Waals surface area contributed by atoms with Crippen molar-refractivity contribution in [2.75, 3.05) is 5.33 Å². The highest BCUT2D eigenvalue weighted by Crippen LogP contribution is 2.14. The zero-order chi connectivity index (χ0) is 12.3. The van der Waals surface area contributed by atoms with Crippen LogP contribution in [0.25, 0.3) is 0 Å². The van der Waals surface area contributed by atoms with E-state index < -0.39 is 0 Å². The second-order valence-corrected chi connectivity index (χ2v) is 4.87. The summed E-state index contributed by atoms with van der Waals surface area (Å²) < 4.78 is 5.33. The van der Waals surface area contributed by atoms with Crippen molar-refractivity contribution in [3.8, 4) is 0 Å². The molecule has 0 saturated heterocycles. The molecule has 1 rings (SSSR count). The Hall–Kier alpha value is -0.770. The summed E-state index contributed by atoms with van der Waals surface area (Å²) in [5.41, 5.74) is 0.631. The van der Waals surface area contributed by atoms with Crippen LogP contribution in [0.2, 0.25) is 0 Å². The van der Waals surface area contributed by atoms with Gasteiger partial charge in [0.25, 0.3) is 5.91 Å². The molecule has 0 bridgehead atoms. The summed E-state index contributed by atoms with van der Waals surface area (Å²) in [6.07, 6.45) is 0. The molecule has 90 valence electrons. The number of rotatable bonds is 4. The lowest BCUT2D eigenvalue weighted by Gasteiger charge is -2.18. The third kappa shape index (κ3) is 3.11. The fourth-order valence-corrected chi connectivity index (χ4v) is 1.98. The Balaban J connectivity index is 2.69. The molecule has 1 aromatic heterocycles. The van der Waals surface area contributed by atoms with Crippen LogP contribution in [0.4, 0.5) is 0 Å². The van der Waals surface area contributed by atoms with Gasteiger partial charge in [-0.2, -0.15) is 0 Å². The molecule has 1 heterocycles. The Morgan fingerprint density at radius 1 is 1.50 bits per heavy atom. The monoisotopic (exact) mass is 287 g/mol. The van der Waals surface area contributed by atoms with Crippen LogP contribution < -0.4 is 5.32 Å². The number of nitrogens with one attached hydrogen (secondary N) is 1. The molecule has 2 atom stereocenters. The van der Waals surface area contributed by atoms with Gasteiger partial charge in [0.1, 0.15) is 11.5 Å². The first-order valence-electron chi connectivity index (χ1n) is 5.39. The first-order valence-corrected chi connectivity index (χ1v) is 6.51. The lowest BCUT2D eigenvalue weighted by atomic mass is 10.1. The lowest BCUT2D eigenvalue weighted by molar-refractivity contribution is 0.0929. The fourth-order valence-electron chi connectivity index (χ4n) is 1.42. The van der Waals surface area contributed by atoms with Gasteiger partial charge in [0.15, 0.2) is 0 Å². The molecule has 0 saturated carbocycles. The number of hydrogen-bond acceptors (Lipinski definition) is 2. The van der Waals surface area contributed by atoms with E-state index in [1.165, 1.54) is 0 Å². The van der Waals surface area contributed by atoms with Gasteiger partial charge in [-0.05, 0) is 32.8 Å². The van der Waals surface area contributed by atoms with Crippen LogP contribution in [0.1, 0.15) is 35.7 Å². The highest BCUT2D eigenvalue weighted by molar-refractivity contribution is 9.09. The molecule has 4 heteroatoms. The van der Waals surface area contributed by atoms with Gasteiger partial charge in [-0.25, -0.2) is 0 Å². The van der Waals surface area contributed by atoms with E-state index in [4.69, 9.17) is 4.42 Å². The third-order valence-electron chi connectivity index (χ3n) is 2.74. The molecule has 0 fully saturated rings. The van der Waals surface area contributed by atoms with E-state index in [2.05, 4.69) is 28.2 Å². The molecule has 3 nitrogen and oxygen atoms in total. The summed E-state index contributed by atoms with van der Waals surface area (Å²) in [5, 5.41) is 3.84. The molecule has 0 aromatic carbocycles. The number of carbonyl (C=O) groups excluding carboxylic acids is 1. The van der Waals surface area contributed by atoms with E-state index in [1.807, 2.05) is 13.8 Å². The highest BCUT2D eigenvalue weighted by atomic mass is 79.9. The summed E-state index contributed by atoms with van der Waals surface area (Å²) in [6.45, 7) is 7.74. The molecule has 0 radical (unpaired) electrons. The average Bonchev–Trinajstić information content (AvgIpc) is 2.56. The van der Waals surface area contributed by atoms with Gasteiger partial charge in [0, 0.05) is 11.4 Å². The molecule has 16 heavy (non-hydrogen) atoms. The minimum atomic E-state index is -0.0605. The van der Waals surface area contributed by atoms with E-state index >= 15 is 0 Å². The molecule has 2 unspecified atom stereocenters. The van der Waals surface area contributed by atoms with Crippen LogP contribution in [0.15, 0.2) is 10.5 Å². The number of aryl methyl sites for hydroxylation is 2. The van der Waals surface area contributed by atoms with Gasteiger partial charge in [0.2, 0.25) is 0 Å². The summed E-state index contributed by atoms with van der Waals surface area (Å²) >= 11 is 3.41. The van der Waals surface area contributed by atoms with Gasteiger partial charge in [-0.15, -0.1) is 0 Å². The van der Waals surface area contributed by atoms with Crippen LogP contribution in [0.5, 0.6) is 0 Å². The van der Waals surface area contributed by atoms with Crippen molar-refractivity contribution < 1.29 is 9.21 Å². The zero-order valence-electron chi connectivity index (χ0n) is 10.1. The lowest BCUT2D eigenvalue weighted by Crippen LogP contribution is -2.37. The first-order chi connectivity index (χ1) is 7.45. The summed E-state index contributed by atoms with van der Waals surface area (Å²) in [7, 11) is 0. The maximum Gasteiger partial charge on any atom is 0.255 e. The van der Waals surface area contributed by atoms with E-state index in [0.29, 0.717) is 17.2 Å². The van der Waals surface area contributed by atoms with Crippen LogP contribution in [-0.2, 0) is 0 Å². The van der Waals surface area contributed by atoms with E-state index in [0.717, 1.165) is 11.1 Å². The normalized spacial score (nSPS) is 14.6. The molecular formula is C12H18BrNO2. The molecule has 0 aliphatic carbocycles. The summed E-state index contributed by atoms with van der Waals surface area (Å²) in [5.74, 6) is 1.78. The van der Waals surface area contributed by atoms with Gasteiger partial charge < -0.3 is 9.73 Å². The molecule has 1 amide bonds. The Morgan fingerprint density at radius 3 is 2.56 bits per heavy atom. The van der Waals surface area contributed by atoms with Crippen LogP contribution in [-0.4, -0.2) is 17.3 Å². The number of carbonyl (C=O) groups is 1. The van der Waals surface area contributed by atoms with Gasteiger partial charge in [-0.3, -0.25) is 4.79 Å². The standard InChI is InChI=1S/C12H18BrNO2/c1-7(6-13)9(3)14-12(15)11-5-8(2)16-10(11)4/h5,7,9H,6H2,1-4H3,(H,14,15). The number of furan rings is 1. The second-order valence-electron chi connectivity index (χ2n) is 4.22. The minimum Gasteiger partial charge on any atom is -0.466 e. The van der Waals surface area contributed by atoms with Crippen LogP contribution >= 0.6 is 15.9 Å². The quantitative estimate of drug-likeness (QED) is 0.865.